The van der Waals surface area contributed by atoms with E-state index in [1.54, 1.807) is 51.1 Å². The highest BCUT2D eigenvalue weighted by Gasteiger charge is 2.25. The van der Waals surface area contributed by atoms with Crippen LogP contribution in [0, 0.1) is 0 Å². The Balaban J connectivity index is 1.47. The van der Waals surface area contributed by atoms with E-state index in [9.17, 15) is 4.79 Å². The number of hydrogen-bond donors (Lipinski definition) is 0. The van der Waals surface area contributed by atoms with Crippen molar-refractivity contribution in [2.75, 3.05) is 13.1 Å². The van der Waals surface area contributed by atoms with Crippen molar-refractivity contribution < 1.29 is 0 Å². The van der Waals surface area contributed by atoms with Gasteiger partial charge in [0.25, 0.3) is 5.56 Å². The van der Waals surface area contributed by atoms with E-state index in [-0.39, 0.29) is 5.56 Å². The Kier molecular flexibility index (Phi) is 4.38. The molecule has 130 valence electrons. The molecule has 0 bridgehead atoms. The van der Waals surface area contributed by atoms with Gasteiger partial charge < -0.3 is 0 Å². The van der Waals surface area contributed by atoms with Crippen LogP contribution in [-0.4, -0.2) is 58.4 Å². The molecular weight excluding hydrogens is 320 g/mol. The van der Waals surface area contributed by atoms with Gasteiger partial charge in [-0.25, -0.2) is 9.67 Å². The van der Waals surface area contributed by atoms with Gasteiger partial charge in [-0.1, -0.05) is 0 Å². The maximum Gasteiger partial charge on any atom is 0.266 e. The highest BCUT2D eigenvalue weighted by Crippen LogP contribution is 2.18. The van der Waals surface area contributed by atoms with Gasteiger partial charge >= 0.3 is 0 Å². The SMILES string of the molecule is O=c1ccc(-n2ccnc2)nn1CC1CCCN1CCn1nccn1. The van der Waals surface area contributed by atoms with Crippen molar-refractivity contribution in [3.8, 4) is 5.82 Å². The molecule has 1 aliphatic heterocycles. The normalized spacial score (nSPS) is 18.0. The third-order valence-corrected chi connectivity index (χ3v) is 4.56. The van der Waals surface area contributed by atoms with Crippen LogP contribution in [0.1, 0.15) is 12.8 Å². The van der Waals surface area contributed by atoms with Crippen molar-refractivity contribution in [1.29, 1.82) is 0 Å². The van der Waals surface area contributed by atoms with E-state index < -0.39 is 0 Å². The summed E-state index contributed by atoms with van der Waals surface area (Å²) in [5.74, 6) is 0.697. The molecule has 4 rings (SSSR count). The van der Waals surface area contributed by atoms with E-state index in [0.29, 0.717) is 18.4 Å². The molecule has 0 radical (unpaired) electrons. The molecule has 0 amide bonds. The molecular formula is C16H20N8O. The fourth-order valence-corrected chi connectivity index (χ4v) is 3.27. The Morgan fingerprint density at radius 1 is 1.12 bits per heavy atom. The monoisotopic (exact) mass is 340 g/mol. The number of aromatic nitrogens is 7. The van der Waals surface area contributed by atoms with Gasteiger partial charge in [-0.15, -0.1) is 0 Å². The van der Waals surface area contributed by atoms with Crippen LogP contribution in [0.15, 0.2) is 48.0 Å². The molecule has 0 N–H and O–H groups in total. The fourth-order valence-electron chi connectivity index (χ4n) is 3.27. The zero-order chi connectivity index (χ0) is 17.1. The lowest BCUT2D eigenvalue weighted by molar-refractivity contribution is 0.210. The highest BCUT2D eigenvalue weighted by atomic mass is 16.1. The van der Waals surface area contributed by atoms with Crippen LogP contribution < -0.4 is 5.56 Å². The maximum atomic E-state index is 12.2. The second-order valence-corrected chi connectivity index (χ2v) is 6.14. The molecule has 0 saturated carbocycles. The van der Waals surface area contributed by atoms with Gasteiger partial charge in [-0.2, -0.15) is 20.1 Å². The third-order valence-electron chi connectivity index (χ3n) is 4.56. The van der Waals surface area contributed by atoms with E-state index in [1.807, 2.05) is 6.20 Å². The lowest BCUT2D eigenvalue weighted by Crippen LogP contribution is -2.38. The Morgan fingerprint density at radius 2 is 2.00 bits per heavy atom. The molecule has 0 spiro atoms. The number of hydrogen-bond acceptors (Lipinski definition) is 6. The third kappa shape index (κ3) is 3.50. The van der Waals surface area contributed by atoms with Crippen molar-refractivity contribution in [3.63, 3.8) is 0 Å². The first-order valence-electron chi connectivity index (χ1n) is 8.44. The Hall–Kier alpha value is -2.81. The summed E-state index contributed by atoms with van der Waals surface area (Å²) >= 11 is 0. The Morgan fingerprint density at radius 3 is 2.80 bits per heavy atom. The first-order valence-corrected chi connectivity index (χ1v) is 8.44. The Labute approximate surface area is 144 Å². The first kappa shape index (κ1) is 15.7. The van der Waals surface area contributed by atoms with Crippen LogP contribution >= 0.6 is 0 Å². The highest BCUT2D eigenvalue weighted by molar-refractivity contribution is 5.19. The van der Waals surface area contributed by atoms with E-state index in [4.69, 9.17) is 0 Å². The predicted octanol–water partition coefficient (Wildman–Crippen LogP) is 0.185. The van der Waals surface area contributed by atoms with Crippen molar-refractivity contribution in [2.24, 2.45) is 0 Å². The molecule has 0 aromatic carbocycles. The molecule has 1 atom stereocenters. The molecule has 1 aliphatic rings. The van der Waals surface area contributed by atoms with Crippen LogP contribution in [0.4, 0.5) is 0 Å². The molecule has 9 heteroatoms. The zero-order valence-electron chi connectivity index (χ0n) is 13.8. The van der Waals surface area contributed by atoms with Crippen molar-refractivity contribution in [2.45, 2.75) is 32.0 Å². The van der Waals surface area contributed by atoms with Crippen LogP contribution in [0.3, 0.4) is 0 Å². The minimum absolute atomic E-state index is 0.0792. The summed E-state index contributed by atoms with van der Waals surface area (Å²) in [6.45, 7) is 3.24. The second kappa shape index (κ2) is 6.98. The second-order valence-electron chi connectivity index (χ2n) is 6.14. The van der Waals surface area contributed by atoms with E-state index in [1.165, 1.54) is 0 Å². The summed E-state index contributed by atoms with van der Waals surface area (Å²) in [4.78, 5) is 20.3. The summed E-state index contributed by atoms with van der Waals surface area (Å²) in [5, 5.41) is 12.8. The summed E-state index contributed by atoms with van der Waals surface area (Å²) in [6.07, 6.45) is 10.8. The number of nitrogens with zero attached hydrogens (tertiary/aromatic N) is 8. The predicted molar refractivity (Wildman–Crippen MR) is 90.2 cm³/mol. The summed E-state index contributed by atoms with van der Waals surface area (Å²) in [5.41, 5.74) is -0.0792. The maximum absolute atomic E-state index is 12.2. The van der Waals surface area contributed by atoms with Crippen LogP contribution in [0.2, 0.25) is 0 Å². The molecule has 9 nitrogen and oxygen atoms in total. The zero-order valence-corrected chi connectivity index (χ0v) is 13.8. The molecule has 1 unspecified atom stereocenters. The summed E-state index contributed by atoms with van der Waals surface area (Å²) < 4.78 is 3.36. The molecule has 0 aliphatic carbocycles. The molecule has 4 heterocycles. The van der Waals surface area contributed by atoms with Gasteiger partial charge in [0.15, 0.2) is 5.82 Å². The summed E-state index contributed by atoms with van der Waals surface area (Å²) in [6, 6.07) is 3.59. The van der Waals surface area contributed by atoms with Crippen LogP contribution in [0.5, 0.6) is 0 Å². The Bertz CT molecular complexity index is 855. The lowest BCUT2D eigenvalue weighted by atomic mass is 10.2. The summed E-state index contributed by atoms with van der Waals surface area (Å²) in [7, 11) is 0. The number of rotatable bonds is 6. The average molecular weight is 340 g/mol. The molecule has 25 heavy (non-hydrogen) atoms. The van der Waals surface area contributed by atoms with E-state index >= 15 is 0 Å². The van der Waals surface area contributed by atoms with Gasteiger partial charge in [0.2, 0.25) is 0 Å². The standard InChI is InChI=1S/C16H20N8O/c25-16-4-3-15(22-9-7-17-13-22)20-23(16)12-14-2-1-8-21(14)10-11-24-18-5-6-19-24/h3-7,9,13-14H,1-2,8,10-12H2. The molecule has 3 aromatic rings. The topological polar surface area (TPSA) is 86.7 Å². The average Bonchev–Trinajstić information content (AvgIpc) is 3.38. The quantitative estimate of drug-likeness (QED) is 0.636. The van der Waals surface area contributed by atoms with Gasteiger partial charge in [0.1, 0.15) is 6.33 Å². The van der Waals surface area contributed by atoms with Crippen LogP contribution in [-0.2, 0) is 13.1 Å². The minimum atomic E-state index is -0.0792. The lowest BCUT2D eigenvalue weighted by Gasteiger charge is -2.24. The fraction of sp³-hybridized carbons (Fsp3) is 0.438. The molecule has 1 fully saturated rings. The van der Waals surface area contributed by atoms with Crippen molar-refractivity contribution >= 4 is 0 Å². The number of imidazole rings is 1. The van der Waals surface area contributed by atoms with Gasteiger partial charge in [-0.05, 0) is 25.5 Å². The molecule has 3 aromatic heterocycles. The van der Waals surface area contributed by atoms with Crippen molar-refractivity contribution in [1.82, 2.24) is 39.2 Å². The van der Waals surface area contributed by atoms with Crippen molar-refractivity contribution in [3.05, 3.63) is 53.6 Å². The number of likely N-dealkylation sites (tertiary alicyclic amines) is 1. The minimum Gasteiger partial charge on any atom is -0.297 e. The van der Waals surface area contributed by atoms with Gasteiger partial charge in [0.05, 0.1) is 25.5 Å². The van der Waals surface area contributed by atoms with Gasteiger partial charge in [-0.3, -0.25) is 14.3 Å². The smallest absolute Gasteiger partial charge is 0.266 e. The van der Waals surface area contributed by atoms with E-state index in [2.05, 4.69) is 25.2 Å². The van der Waals surface area contributed by atoms with Crippen LogP contribution in [0.25, 0.3) is 5.82 Å². The largest absolute Gasteiger partial charge is 0.297 e. The van der Waals surface area contributed by atoms with Gasteiger partial charge in [0, 0.05) is 31.0 Å². The molecule has 1 saturated heterocycles. The van der Waals surface area contributed by atoms with E-state index in [0.717, 1.165) is 32.5 Å². The first-order chi connectivity index (χ1) is 12.3.